The van der Waals surface area contributed by atoms with Crippen LogP contribution in [0.3, 0.4) is 0 Å². The van der Waals surface area contributed by atoms with E-state index in [4.69, 9.17) is 16.0 Å². The second kappa shape index (κ2) is 11.0. The van der Waals surface area contributed by atoms with Gasteiger partial charge in [-0.2, -0.15) is 0 Å². The summed E-state index contributed by atoms with van der Waals surface area (Å²) in [7, 11) is 0. The lowest BCUT2D eigenvalue weighted by Crippen LogP contribution is -2.33. The van der Waals surface area contributed by atoms with Crippen molar-refractivity contribution in [1.29, 1.82) is 0 Å². The van der Waals surface area contributed by atoms with E-state index in [0.717, 1.165) is 12.0 Å². The van der Waals surface area contributed by atoms with E-state index in [0.29, 0.717) is 34.8 Å². The normalized spacial score (nSPS) is 10.8. The molecular weight excluding hydrogens is 442 g/mol. The molecule has 0 bridgehead atoms. The molecule has 0 saturated heterocycles. The highest BCUT2D eigenvalue weighted by molar-refractivity contribution is 7.99. The molecule has 0 radical (unpaired) electrons. The van der Waals surface area contributed by atoms with Crippen LogP contribution >= 0.6 is 23.4 Å². The molecule has 5 nitrogen and oxygen atoms in total. The van der Waals surface area contributed by atoms with Gasteiger partial charge in [0, 0.05) is 13.1 Å². The SMILES string of the molecule is O=C(CSc1nnc(-c2ccccc2Cl)o1)N(CCc1ccccc1)Cc1ccccc1. The third kappa shape index (κ3) is 5.99. The Hall–Kier alpha value is -3.09. The summed E-state index contributed by atoms with van der Waals surface area (Å²) < 4.78 is 5.71. The Bertz CT molecular complexity index is 1150. The number of carbonyl (C=O) groups excluding carboxylic acids is 1. The number of amides is 1. The molecule has 0 unspecified atom stereocenters. The van der Waals surface area contributed by atoms with Crippen LogP contribution in [-0.2, 0) is 17.8 Å². The average molecular weight is 464 g/mol. The van der Waals surface area contributed by atoms with Crippen LogP contribution in [0.5, 0.6) is 0 Å². The molecule has 0 atom stereocenters. The fraction of sp³-hybridized carbons (Fsp3) is 0.160. The Morgan fingerprint density at radius 3 is 2.25 bits per heavy atom. The zero-order chi connectivity index (χ0) is 22.2. The largest absolute Gasteiger partial charge is 0.411 e. The van der Waals surface area contributed by atoms with E-state index in [9.17, 15) is 4.79 Å². The molecule has 0 spiro atoms. The second-order valence-electron chi connectivity index (χ2n) is 7.18. The fourth-order valence-corrected chi connectivity index (χ4v) is 4.11. The standard InChI is InChI=1S/C25H22ClN3O2S/c26-22-14-8-7-13-21(22)24-27-28-25(31-24)32-18-23(30)29(17-20-11-5-2-6-12-20)16-15-19-9-3-1-4-10-19/h1-14H,15-18H2. The molecular formula is C25H22ClN3O2S. The molecule has 162 valence electrons. The van der Waals surface area contributed by atoms with Crippen LogP contribution < -0.4 is 0 Å². The van der Waals surface area contributed by atoms with Gasteiger partial charge in [0.05, 0.1) is 16.3 Å². The summed E-state index contributed by atoms with van der Waals surface area (Å²) in [6.45, 7) is 1.19. The van der Waals surface area contributed by atoms with Gasteiger partial charge in [-0.1, -0.05) is 96.2 Å². The molecule has 1 heterocycles. The van der Waals surface area contributed by atoms with Crippen molar-refractivity contribution in [2.24, 2.45) is 0 Å². The van der Waals surface area contributed by atoms with Crippen LogP contribution in [0.2, 0.25) is 5.02 Å². The van der Waals surface area contributed by atoms with E-state index in [-0.39, 0.29) is 11.7 Å². The summed E-state index contributed by atoms with van der Waals surface area (Å²) in [6, 6.07) is 27.5. The third-order valence-electron chi connectivity index (χ3n) is 4.91. The first-order valence-electron chi connectivity index (χ1n) is 10.3. The topological polar surface area (TPSA) is 59.2 Å². The number of benzene rings is 3. The quantitative estimate of drug-likeness (QED) is 0.295. The Balaban J connectivity index is 1.41. The fourth-order valence-electron chi connectivity index (χ4n) is 3.23. The Morgan fingerprint density at radius 2 is 1.53 bits per heavy atom. The molecule has 4 aromatic rings. The van der Waals surface area contributed by atoms with Crippen LogP contribution in [0, 0.1) is 0 Å². The highest BCUT2D eigenvalue weighted by Crippen LogP contribution is 2.28. The zero-order valence-electron chi connectivity index (χ0n) is 17.4. The van der Waals surface area contributed by atoms with Gasteiger partial charge < -0.3 is 9.32 Å². The van der Waals surface area contributed by atoms with Crippen molar-refractivity contribution in [2.75, 3.05) is 12.3 Å². The van der Waals surface area contributed by atoms with Gasteiger partial charge in [0.2, 0.25) is 11.8 Å². The van der Waals surface area contributed by atoms with Gasteiger partial charge >= 0.3 is 0 Å². The van der Waals surface area contributed by atoms with E-state index in [1.807, 2.05) is 71.6 Å². The summed E-state index contributed by atoms with van der Waals surface area (Å²) in [4.78, 5) is 14.9. The first-order valence-corrected chi connectivity index (χ1v) is 11.6. The Kier molecular flexibility index (Phi) is 7.59. The van der Waals surface area contributed by atoms with Gasteiger partial charge in [0.1, 0.15) is 0 Å². The van der Waals surface area contributed by atoms with Crippen LogP contribution in [-0.4, -0.2) is 33.3 Å². The molecule has 3 aromatic carbocycles. The van der Waals surface area contributed by atoms with Crippen LogP contribution in [0.1, 0.15) is 11.1 Å². The summed E-state index contributed by atoms with van der Waals surface area (Å²) >= 11 is 7.44. The zero-order valence-corrected chi connectivity index (χ0v) is 18.9. The minimum absolute atomic E-state index is 0.0206. The lowest BCUT2D eigenvalue weighted by Gasteiger charge is -2.22. The number of thioether (sulfide) groups is 1. The van der Waals surface area contributed by atoms with Crippen molar-refractivity contribution in [3.8, 4) is 11.5 Å². The number of rotatable bonds is 9. The van der Waals surface area contributed by atoms with Gasteiger partial charge in [0.15, 0.2) is 0 Å². The van der Waals surface area contributed by atoms with Crippen molar-refractivity contribution >= 4 is 29.3 Å². The molecule has 0 aliphatic carbocycles. The Labute approximate surface area is 196 Å². The molecule has 0 fully saturated rings. The number of nitrogens with zero attached hydrogens (tertiary/aromatic N) is 3. The number of hydrogen-bond acceptors (Lipinski definition) is 5. The maximum Gasteiger partial charge on any atom is 0.277 e. The van der Waals surface area contributed by atoms with E-state index < -0.39 is 0 Å². The molecule has 1 amide bonds. The monoisotopic (exact) mass is 463 g/mol. The summed E-state index contributed by atoms with van der Waals surface area (Å²) in [5, 5.41) is 9.01. The Morgan fingerprint density at radius 1 is 0.875 bits per heavy atom. The highest BCUT2D eigenvalue weighted by Gasteiger charge is 2.17. The minimum Gasteiger partial charge on any atom is -0.411 e. The van der Waals surface area contributed by atoms with E-state index in [1.165, 1.54) is 17.3 Å². The molecule has 0 aliphatic rings. The van der Waals surface area contributed by atoms with Crippen molar-refractivity contribution in [1.82, 2.24) is 15.1 Å². The summed E-state index contributed by atoms with van der Waals surface area (Å²) in [6.07, 6.45) is 0.793. The lowest BCUT2D eigenvalue weighted by atomic mass is 10.1. The van der Waals surface area contributed by atoms with Crippen LogP contribution in [0.15, 0.2) is 94.6 Å². The predicted octanol–water partition coefficient (Wildman–Crippen LogP) is 5.75. The van der Waals surface area contributed by atoms with Crippen LogP contribution in [0.25, 0.3) is 11.5 Å². The summed E-state index contributed by atoms with van der Waals surface area (Å²) in [5.41, 5.74) is 2.97. The molecule has 1 aromatic heterocycles. The van der Waals surface area contributed by atoms with Gasteiger partial charge in [-0.05, 0) is 29.7 Å². The third-order valence-corrected chi connectivity index (χ3v) is 6.04. The van der Waals surface area contributed by atoms with E-state index >= 15 is 0 Å². The van der Waals surface area contributed by atoms with E-state index in [1.54, 1.807) is 6.07 Å². The number of aromatic nitrogens is 2. The van der Waals surface area contributed by atoms with Crippen molar-refractivity contribution < 1.29 is 9.21 Å². The minimum atomic E-state index is 0.0206. The maximum absolute atomic E-state index is 13.1. The van der Waals surface area contributed by atoms with Gasteiger partial charge in [-0.25, -0.2) is 0 Å². The molecule has 4 rings (SSSR count). The average Bonchev–Trinajstić information content (AvgIpc) is 3.30. The van der Waals surface area contributed by atoms with E-state index in [2.05, 4.69) is 22.3 Å². The smallest absolute Gasteiger partial charge is 0.277 e. The highest BCUT2D eigenvalue weighted by atomic mass is 35.5. The number of hydrogen-bond donors (Lipinski definition) is 0. The maximum atomic E-state index is 13.1. The molecule has 0 aliphatic heterocycles. The predicted molar refractivity (Wildman–Crippen MR) is 127 cm³/mol. The number of halogens is 1. The molecule has 7 heteroatoms. The first-order chi connectivity index (χ1) is 15.7. The van der Waals surface area contributed by atoms with Gasteiger partial charge in [-0.3, -0.25) is 4.79 Å². The molecule has 32 heavy (non-hydrogen) atoms. The number of carbonyl (C=O) groups is 1. The summed E-state index contributed by atoms with van der Waals surface area (Å²) in [5.74, 6) is 0.578. The van der Waals surface area contributed by atoms with Crippen molar-refractivity contribution in [3.05, 3.63) is 101 Å². The van der Waals surface area contributed by atoms with Crippen molar-refractivity contribution in [3.63, 3.8) is 0 Å². The molecule has 0 saturated carbocycles. The molecule has 0 N–H and O–H groups in total. The van der Waals surface area contributed by atoms with Gasteiger partial charge in [-0.15, -0.1) is 10.2 Å². The second-order valence-corrected chi connectivity index (χ2v) is 8.51. The van der Waals surface area contributed by atoms with Crippen molar-refractivity contribution in [2.45, 2.75) is 18.2 Å². The van der Waals surface area contributed by atoms with Gasteiger partial charge in [0.25, 0.3) is 5.22 Å². The first kappa shape index (κ1) is 22.1. The lowest BCUT2D eigenvalue weighted by molar-refractivity contribution is -0.128. The van der Waals surface area contributed by atoms with Crippen LogP contribution in [0.4, 0.5) is 0 Å².